The third-order valence-electron chi connectivity index (χ3n) is 5.03. The van der Waals surface area contributed by atoms with Crippen LogP contribution in [0.15, 0.2) is 4.99 Å². The summed E-state index contributed by atoms with van der Waals surface area (Å²) in [6, 6.07) is 0.585. The summed E-state index contributed by atoms with van der Waals surface area (Å²) >= 11 is 0. The van der Waals surface area contributed by atoms with Gasteiger partial charge in [0.2, 0.25) is 0 Å². The zero-order chi connectivity index (χ0) is 16.3. The number of ether oxygens (including phenoxy) is 2. The molecule has 2 N–H and O–H groups in total. The van der Waals surface area contributed by atoms with Gasteiger partial charge in [-0.1, -0.05) is 6.92 Å². The maximum absolute atomic E-state index is 5.79. The Labute approximate surface area is 164 Å². The minimum absolute atomic E-state index is 0. The Kier molecular flexibility index (Phi) is 12.0. The van der Waals surface area contributed by atoms with Gasteiger partial charge in [0.05, 0.1) is 0 Å². The summed E-state index contributed by atoms with van der Waals surface area (Å²) in [6.45, 7) is 6.77. The van der Waals surface area contributed by atoms with E-state index in [0.29, 0.717) is 12.0 Å². The van der Waals surface area contributed by atoms with Crippen LogP contribution < -0.4 is 10.6 Å². The van der Waals surface area contributed by atoms with Crippen molar-refractivity contribution in [1.29, 1.82) is 0 Å². The molecule has 0 aromatic heterocycles. The molecule has 1 saturated heterocycles. The Morgan fingerprint density at radius 3 is 2.50 bits per heavy atom. The molecule has 2 aliphatic rings. The van der Waals surface area contributed by atoms with E-state index in [2.05, 4.69) is 22.5 Å². The molecule has 1 aliphatic heterocycles. The zero-order valence-electron chi connectivity index (χ0n) is 15.4. The number of aliphatic imine (C=N–C) groups is 1. The van der Waals surface area contributed by atoms with E-state index in [-0.39, 0.29) is 24.0 Å². The number of halogens is 1. The summed E-state index contributed by atoms with van der Waals surface area (Å²) in [5.74, 6) is 2.52. The predicted octanol–water partition coefficient (Wildman–Crippen LogP) is 3.18. The second kappa shape index (κ2) is 13.2. The average Bonchev–Trinajstić information content (AvgIpc) is 2.59. The molecule has 1 aliphatic carbocycles. The fourth-order valence-electron chi connectivity index (χ4n) is 3.34. The third kappa shape index (κ3) is 8.85. The highest BCUT2D eigenvalue weighted by Crippen LogP contribution is 2.23. The van der Waals surface area contributed by atoms with Gasteiger partial charge in [0.1, 0.15) is 0 Å². The molecule has 0 bridgehead atoms. The maximum atomic E-state index is 5.79. The first-order valence-electron chi connectivity index (χ1n) is 9.40. The van der Waals surface area contributed by atoms with Gasteiger partial charge in [-0.3, -0.25) is 4.99 Å². The van der Waals surface area contributed by atoms with Crippen LogP contribution in [0, 0.1) is 11.8 Å². The summed E-state index contributed by atoms with van der Waals surface area (Å²) in [6.07, 6.45) is 8.49. The summed E-state index contributed by atoms with van der Waals surface area (Å²) in [5.41, 5.74) is 0. The average molecular weight is 453 g/mol. The van der Waals surface area contributed by atoms with Gasteiger partial charge in [-0.25, -0.2) is 0 Å². The molecule has 0 aromatic carbocycles. The Morgan fingerprint density at radius 1 is 1.12 bits per heavy atom. The lowest BCUT2D eigenvalue weighted by Crippen LogP contribution is -2.45. The minimum atomic E-state index is 0. The van der Waals surface area contributed by atoms with E-state index in [1.807, 2.05) is 7.05 Å². The summed E-state index contributed by atoms with van der Waals surface area (Å²) in [4.78, 5) is 4.33. The van der Waals surface area contributed by atoms with Crippen molar-refractivity contribution < 1.29 is 9.47 Å². The van der Waals surface area contributed by atoms with Crippen molar-refractivity contribution in [2.45, 2.75) is 57.9 Å². The van der Waals surface area contributed by atoms with Crippen molar-refractivity contribution in [3.05, 3.63) is 0 Å². The lowest BCUT2D eigenvalue weighted by molar-refractivity contribution is 0.0203. The number of hydrogen-bond acceptors (Lipinski definition) is 3. The molecule has 2 fully saturated rings. The molecule has 0 atom stereocenters. The van der Waals surface area contributed by atoms with Gasteiger partial charge in [-0.2, -0.15) is 0 Å². The molecule has 0 spiro atoms. The lowest BCUT2D eigenvalue weighted by atomic mass is 9.87. The molecule has 1 heterocycles. The van der Waals surface area contributed by atoms with Crippen LogP contribution in [0.3, 0.4) is 0 Å². The Bertz CT molecular complexity index is 341. The maximum Gasteiger partial charge on any atom is 0.191 e. The second-order valence-corrected chi connectivity index (χ2v) is 7.08. The molecule has 1 saturated carbocycles. The van der Waals surface area contributed by atoms with Gasteiger partial charge >= 0.3 is 0 Å². The van der Waals surface area contributed by atoms with Crippen LogP contribution >= 0.6 is 24.0 Å². The van der Waals surface area contributed by atoms with Crippen molar-refractivity contribution in [1.82, 2.24) is 10.6 Å². The van der Waals surface area contributed by atoms with Crippen LogP contribution in [0.25, 0.3) is 0 Å². The topological polar surface area (TPSA) is 54.9 Å². The Balaban J connectivity index is 0.00000288. The molecule has 142 valence electrons. The monoisotopic (exact) mass is 453 g/mol. The van der Waals surface area contributed by atoms with Crippen molar-refractivity contribution >= 4 is 29.9 Å². The van der Waals surface area contributed by atoms with Crippen LogP contribution in [-0.4, -0.2) is 52.0 Å². The SMILES string of the molecule is CN=C(NCCCOCC1CCOCC1)NC1CCC(C)CC1.I. The quantitative estimate of drug-likeness (QED) is 0.269. The first-order valence-corrected chi connectivity index (χ1v) is 9.40. The fourth-order valence-corrected chi connectivity index (χ4v) is 3.34. The highest BCUT2D eigenvalue weighted by molar-refractivity contribution is 14.0. The molecule has 0 radical (unpaired) electrons. The summed E-state index contributed by atoms with van der Waals surface area (Å²) in [7, 11) is 1.85. The number of guanidine groups is 1. The van der Waals surface area contributed by atoms with Gasteiger partial charge in [-0.15, -0.1) is 24.0 Å². The van der Waals surface area contributed by atoms with Gasteiger partial charge in [0.15, 0.2) is 5.96 Å². The smallest absolute Gasteiger partial charge is 0.191 e. The predicted molar refractivity (Wildman–Crippen MR) is 110 cm³/mol. The third-order valence-corrected chi connectivity index (χ3v) is 5.03. The highest BCUT2D eigenvalue weighted by atomic mass is 127. The van der Waals surface area contributed by atoms with E-state index in [0.717, 1.165) is 64.1 Å². The summed E-state index contributed by atoms with van der Waals surface area (Å²) < 4.78 is 11.2. The van der Waals surface area contributed by atoms with Gasteiger partial charge in [0, 0.05) is 46.1 Å². The molecular formula is C18H36IN3O2. The van der Waals surface area contributed by atoms with E-state index < -0.39 is 0 Å². The minimum Gasteiger partial charge on any atom is -0.381 e. The van der Waals surface area contributed by atoms with Crippen molar-refractivity contribution in [2.24, 2.45) is 16.8 Å². The molecule has 0 unspecified atom stereocenters. The standard InChI is InChI=1S/C18H35N3O2.HI/c1-15-4-6-17(7-5-15)21-18(19-2)20-10-3-11-23-14-16-8-12-22-13-9-16;/h15-17H,3-14H2,1-2H3,(H2,19,20,21);1H. The first kappa shape index (κ1) is 22.0. The Hall–Kier alpha value is -0.0800. The van der Waals surface area contributed by atoms with Crippen molar-refractivity contribution in [3.63, 3.8) is 0 Å². The number of nitrogens with one attached hydrogen (secondary N) is 2. The Morgan fingerprint density at radius 2 is 1.83 bits per heavy atom. The normalized spacial score (nSPS) is 25.8. The van der Waals surface area contributed by atoms with E-state index in [1.54, 1.807) is 0 Å². The van der Waals surface area contributed by atoms with E-state index in [1.165, 1.54) is 25.7 Å². The second-order valence-electron chi connectivity index (χ2n) is 7.08. The van der Waals surface area contributed by atoms with E-state index >= 15 is 0 Å². The van der Waals surface area contributed by atoms with E-state index in [9.17, 15) is 0 Å². The number of rotatable bonds is 7. The van der Waals surface area contributed by atoms with Crippen molar-refractivity contribution in [2.75, 3.05) is 40.0 Å². The molecule has 0 amide bonds. The number of nitrogens with zero attached hydrogens (tertiary/aromatic N) is 1. The van der Waals surface area contributed by atoms with Crippen LogP contribution in [-0.2, 0) is 9.47 Å². The van der Waals surface area contributed by atoms with Crippen LogP contribution in [0.2, 0.25) is 0 Å². The molecule has 24 heavy (non-hydrogen) atoms. The molecule has 2 rings (SSSR count). The lowest BCUT2D eigenvalue weighted by Gasteiger charge is -2.28. The largest absolute Gasteiger partial charge is 0.381 e. The fraction of sp³-hybridized carbons (Fsp3) is 0.944. The van der Waals surface area contributed by atoms with E-state index in [4.69, 9.17) is 9.47 Å². The molecular weight excluding hydrogens is 417 g/mol. The highest BCUT2D eigenvalue weighted by Gasteiger charge is 2.18. The van der Waals surface area contributed by atoms with Gasteiger partial charge in [0.25, 0.3) is 0 Å². The van der Waals surface area contributed by atoms with Crippen LogP contribution in [0.5, 0.6) is 0 Å². The molecule has 0 aromatic rings. The van der Waals surface area contributed by atoms with Crippen LogP contribution in [0.1, 0.15) is 51.9 Å². The van der Waals surface area contributed by atoms with Gasteiger partial charge in [-0.05, 0) is 56.8 Å². The summed E-state index contributed by atoms with van der Waals surface area (Å²) in [5, 5.41) is 6.96. The molecule has 5 nitrogen and oxygen atoms in total. The van der Waals surface area contributed by atoms with Crippen LogP contribution in [0.4, 0.5) is 0 Å². The number of hydrogen-bond donors (Lipinski definition) is 2. The molecule has 6 heteroatoms. The first-order chi connectivity index (χ1) is 11.3. The van der Waals surface area contributed by atoms with Crippen molar-refractivity contribution in [3.8, 4) is 0 Å². The van der Waals surface area contributed by atoms with Gasteiger partial charge < -0.3 is 20.1 Å². The zero-order valence-corrected chi connectivity index (χ0v) is 17.7.